The van der Waals surface area contributed by atoms with E-state index in [1.165, 1.54) is 0 Å². The van der Waals surface area contributed by atoms with E-state index >= 15 is 0 Å². The summed E-state index contributed by atoms with van der Waals surface area (Å²) < 4.78 is 0. The molecule has 1 rings (SSSR count). The van der Waals surface area contributed by atoms with Gasteiger partial charge in [0.15, 0.2) is 0 Å². The van der Waals surface area contributed by atoms with Crippen molar-refractivity contribution in [2.45, 2.75) is 39.2 Å². The number of para-hydroxylation sites is 1. The third-order valence-corrected chi connectivity index (χ3v) is 2.79. The summed E-state index contributed by atoms with van der Waals surface area (Å²) in [6.07, 6.45) is 4.37. The van der Waals surface area contributed by atoms with E-state index in [2.05, 4.69) is 13.5 Å². The molecule has 17 heavy (non-hydrogen) atoms. The molecule has 0 heterocycles. The monoisotopic (exact) mass is 231 g/mol. The van der Waals surface area contributed by atoms with Crippen LogP contribution in [0.4, 0.5) is 5.69 Å². The Hall–Kier alpha value is -1.57. The van der Waals surface area contributed by atoms with Crippen molar-refractivity contribution in [1.29, 1.82) is 0 Å². The molecule has 0 spiro atoms. The van der Waals surface area contributed by atoms with E-state index in [9.17, 15) is 4.79 Å². The summed E-state index contributed by atoms with van der Waals surface area (Å²) in [5.41, 5.74) is 0.956. The maximum Gasteiger partial charge on any atom is 0.227 e. The molecule has 2 nitrogen and oxygen atoms in total. The van der Waals surface area contributed by atoms with Gasteiger partial charge < -0.3 is 4.90 Å². The third-order valence-electron chi connectivity index (χ3n) is 2.79. The van der Waals surface area contributed by atoms with E-state index in [1.807, 2.05) is 48.2 Å². The standard InChI is InChI=1S/C15H21NO/c1-4-10-13(5-2)16(15(17)6-3)14-11-8-7-9-12-14/h5,7-9,11-13H,2,4,6,10H2,1,3H3. The van der Waals surface area contributed by atoms with E-state index in [-0.39, 0.29) is 11.9 Å². The topological polar surface area (TPSA) is 20.3 Å². The van der Waals surface area contributed by atoms with Gasteiger partial charge in [0.05, 0.1) is 6.04 Å². The van der Waals surface area contributed by atoms with Crippen LogP contribution in [0.5, 0.6) is 0 Å². The first kappa shape index (κ1) is 13.5. The lowest BCUT2D eigenvalue weighted by molar-refractivity contribution is -0.118. The highest BCUT2D eigenvalue weighted by molar-refractivity contribution is 5.94. The normalized spacial score (nSPS) is 11.9. The number of carbonyl (C=O) groups excluding carboxylic acids is 1. The molecule has 1 unspecified atom stereocenters. The van der Waals surface area contributed by atoms with Crippen LogP contribution in [-0.4, -0.2) is 11.9 Å². The minimum absolute atomic E-state index is 0.0925. The van der Waals surface area contributed by atoms with Crippen molar-refractivity contribution in [1.82, 2.24) is 0 Å². The molecule has 0 saturated heterocycles. The van der Waals surface area contributed by atoms with Gasteiger partial charge in [0.25, 0.3) is 0 Å². The fourth-order valence-electron chi connectivity index (χ4n) is 1.93. The van der Waals surface area contributed by atoms with Gasteiger partial charge in [-0.2, -0.15) is 0 Å². The zero-order valence-electron chi connectivity index (χ0n) is 10.7. The molecule has 0 N–H and O–H groups in total. The summed E-state index contributed by atoms with van der Waals surface area (Å²) in [5.74, 6) is 0.148. The maximum atomic E-state index is 12.1. The van der Waals surface area contributed by atoms with E-state index in [4.69, 9.17) is 0 Å². The lowest BCUT2D eigenvalue weighted by Crippen LogP contribution is -2.38. The van der Waals surface area contributed by atoms with Crippen LogP contribution in [-0.2, 0) is 4.79 Å². The molecule has 2 heteroatoms. The maximum absolute atomic E-state index is 12.1. The highest BCUT2D eigenvalue weighted by atomic mass is 16.2. The number of benzene rings is 1. The van der Waals surface area contributed by atoms with Crippen LogP contribution in [0.15, 0.2) is 43.0 Å². The molecule has 1 amide bonds. The minimum atomic E-state index is 0.0925. The number of hydrogen-bond donors (Lipinski definition) is 0. The number of carbonyl (C=O) groups is 1. The first-order chi connectivity index (χ1) is 8.24. The van der Waals surface area contributed by atoms with Crippen LogP contribution in [0.3, 0.4) is 0 Å². The number of amides is 1. The minimum Gasteiger partial charge on any atom is -0.306 e. The predicted molar refractivity (Wildman–Crippen MR) is 73.1 cm³/mol. The van der Waals surface area contributed by atoms with E-state index in [0.717, 1.165) is 18.5 Å². The SMILES string of the molecule is C=CC(CCC)N(C(=O)CC)c1ccccc1. The molecule has 0 aliphatic rings. The van der Waals surface area contributed by atoms with Crippen LogP contribution in [0.25, 0.3) is 0 Å². The highest BCUT2D eigenvalue weighted by Gasteiger charge is 2.20. The summed E-state index contributed by atoms with van der Waals surface area (Å²) in [7, 11) is 0. The van der Waals surface area contributed by atoms with Gasteiger partial charge in [-0.15, -0.1) is 6.58 Å². The first-order valence-corrected chi connectivity index (χ1v) is 6.24. The van der Waals surface area contributed by atoms with Crippen LogP contribution < -0.4 is 4.90 Å². The smallest absolute Gasteiger partial charge is 0.227 e. The molecule has 92 valence electrons. The molecule has 1 aromatic carbocycles. The molecular formula is C15H21NO. The van der Waals surface area contributed by atoms with E-state index < -0.39 is 0 Å². The predicted octanol–water partition coefficient (Wildman–Crippen LogP) is 3.78. The fraction of sp³-hybridized carbons (Fsp3) is 0.400. The Morgan fingerprint density at radius 2 is 2.00 bits per heavy atom. The van der Waals surface area contributed by atoms with Crippen molar-refractivity contribution < 1.29 is 4.79 Å². The third kappa shape index (κ3) is 3.45. The van der Waals surface area contributed by atoms with Crippen molar-refractivity contribution >= 4 is 11.6 Å². The number of hydrogen-bond acceptors (Lipinski definition) is 1. The van der Waals surface area contributed by atoms with E-state index in [0.29, 0.717) is 6.42 Å². The van der Waals surface area contributed by atoms with Crippen molar-refractivity contribution in [2.75, 3.05) is 4.90 Å². The van der Waals surface area contributed by atoms with Crippen molar-refractivity contribution in [3.8, 4) is 0 Å². The summed E-state index contributed by atoms with van der Waals surface area (Å²) in [6.45, 7) is 7.86. The highest BCUT2D eigenvalue weighted by Crippen LogP contribution is 2.20. The lowest BCUT2D eigenvalue weighted by atomic mass is 10.1. The second kappa shape index (κ2) is 6.89. The second-order valence-corrected chi connectivity index (χ2v) is 4.04. The Morgan fingerprint density at radius 1 is 1.35 bits per heavy atom. The summed E-state index contributed by atoms with van der Waals surface area (Å²) >= 11 is 0. The average Bonchev–Trinajstić information content (AvgIpc) is 2.39. The van der Waals surface area contributed by atoms with Gasteiger partial charge in [0, 0.05) is 12.1 Å². The first-order valence-electron chi connectivity index (χ1n) is 6.24. The lowest BCUT2D eigenvalue weighted by Gasteiger charge is -2.29. The molecule has 0 aliphatic carbocycles. The van der Waals surface area contributed by atoms with Crippen LogP contribution in [0.2, 0.25) is 0 Å². The van der Waals surface area contributed by atoms with Gasteiger partial charge in [-0.25, -0.2) is 0 Å². The molecule has 1 aromatic rings. The zero-order valence-corrected chi connectivity index (χ0v) is 10.7. The van der Waals surface area contributed by atoms with Gasteiger partial charge in [0.2, 0.25) is 5.91 Å². The van der Waals surface area contributed by atoms with Crippen molar-refractivity contribution in [2.24, 2.45) is 0 Å². The molecular weight excluding hydrogens is 210 g/mol. The Balaban J connectivity index is 3.02. The van der Waals surface area contributed by atoms with Crippen LogP contribution in [0.1, 0.15) is 33.1 Å². The molecule has 0 aliphatic heterocycles. The van der Waals surface area contributed by atoms with E-state index in [1.54, 1.807) is 0 Å². The molecule has 0 radical (unpaired) electrons. The zero-order chi connectivity index (χ0) is 12.7. The fourth-order valence-corrected chi connectivity index (χ4v) is 1.93. The quantitative estimate of drug-likeness (QED) is 0.682. The van der Waals surface area contributed by atoms with Gasteiger partial charge >= 0.3 is 0 Å². The van der Waals surface area contributed by atoms with Gasteiger partial charge in [0.1, 0.15) is 0 Å². The molecule has 0 saturated carbocycles. The van der Waals surface area contributed by atoms with Gasteiger partial charge in [-0.05, 0) is 18.6 Å². The number of nitrogens with zero attached hydrogens (tertiary/aromatic N) is 1. The summed E-state index contributed by atoms with van der Waals surface area (Å²) in [5, 5.41) is 0. The molecule has 0 bridgehead atoms. The number of anilines is 1. The Bertz CT molecular complexity index is 358. The van der Waals surface area contributed by atoms with Crippen molar-refractivity contribution in [3.05, 3.63) is 43.0 Å². The Kier molecular flexibility index (Phi) is 5.47. The molecule has 1 atom stereocenters. The summed E-state index contributed by atoms with van der Waals surface area (Å²) in [6, 6.07) is 9.91. The average molecular weight is 231 g/mol. The van der Waals surface area contributed by atoms with Gasteiger partial charge in [-0.3, -0.25) is 4.79 Å². The number of rotatable bonds is 6. The van der Waals surface area contributed by atoms with Crippen molar-refractivity contribution in [3.63, 3.8) is 0 Å². The Morgan fingerprint density at radius 3 is 2.47 bits per heavy atom. The largest absolute Gasteiger partial charge is 0.306 e. The summed E-state index contributed by atoms with van der Waals surface area (Å²) in [4.78, 5) is 13.9. The second-order valence-electron chi connectivity index (χ2n) is 4.04. The Labute approximate surface area is 104 Å². The van der Waals surface area contributed by atoms with Gasteiger partial charge in [-0.1, -0.05) is 44.5 Å². The van der Waals surface area contributed by atoms with Crippen LogP contribution in [0, 0.1) is 0 Å². The molecule has 0 aromatic heterocycles. The van der Waals surface area contributed by atoms with Crippen LogP contribution >= 0.6 is 0 Å². The molecule has 0 fully saturated rings.